The number of methoxy groups -OCH3 is 1. The van der Waals surface area contributed by atoms with E-state index >= 15 is 0 Å². The van der Waals surface area contributed by atoms with E-state index in [4.69, 9.17) is 4.74 Å². The van der Waals surface area contributed by atoms with Gasteiger partial charge in [0, 0.05) is 46.6 Å². The number of aliphatic hydroxyl groups is 1. The molecule has 6 aromatic carbocycles. The normalized spacial score (nSPS) is 25.2. The standard InChI is InChI=1S/C23H26N2O2.C17H17NO.C15H15N.C7H13NO.C3H6O2/c26-23(27-21-16-24-13-10-18(21)11-14-24)25-15-12-17-6-4-5-9-20(17)22(25)19-7-2-1-3-8-19;1-13(19)18-12-11-14-7-5-6-10-16(14)17(18)15-8-3-2-4-9-15;1-2-7-13(8-3-1)15-14-9-5-4-6-12(14)10-11-16-15;9-7-5-8-3-1-6(7)2-4-8;1-3(4)5-2/h1-9,18,21-22H,10-16H2;2-10,17H,11-12H2,1H3;1-9,15-16H,10-11H2;6-7,9H,1-5H2;1-2H3/t21-,22-;17-;15-;7-;/m0000./s1. The van der Waals surface area contributed by atoms with Gasteiger partial charge in [0.25, 0.3) is 0 Å². The largest absolute Gasteiger partial charge is 0.469 e. The first kappa shape index (κ1) is 54.2. The van der Waals surface area contributed by atoms with Crippen molar-refractivity contribution in [3.05, 3.63) is 214 Å². The number of amides is 2. The van der Waals surface area contributed by atoms with Crippen LogP contribution in [0.4, 0.5) is 4.79 Å². The van der Waals surface area contributed by atoms with Crippen LogP contribution in [0, 0.1) is 11.8 Å². The summed E-state index contributed by atoms with van der Waals surface area (Å²) in [6, 6.07) is 57.3. The van der Waals surface area contributed by atoms with Crippen LogP contribution in [-0.4, -0.2) is 121 Å². The summed E-state index contributed by atoms with van der Waals surface area (Å²) < 4.78 is 10.2. The number of hydrogen-bond donors (Lipinski definition) is 2. The van der Waals surface area contributed by atoms with E-state index in [-0.39, 0.29) is 42.3 Å². The summed E-state index contributed by atoms with van der Waals surface area (Å²) in [6.45, 7) is 12.2. The lowest BCUT2D eigenvalue weighted by molar-refractivity contribution is -0.138. The molecule has 6 fully saturated rings. The molecule has 2 amide bonds. The second kappa shape index (κ2) is 26.4. The van der Waals surface area contributed by atoms with E-state index in [9.17, 15) is 19.5 Å². The monoisotopic (exact) mass is 1020 g/mol. The molecule has 6 saturated heterocycles. The number of piperidine rings is 6. The average molecular weight is 1020 g/mol. The molecule has 0 aliphatic carbocycles. The molecule has 0 aromatic heterocycles. The van der Waals surface area contributed by atoms with Crippen LogP contribution in [-0.2, 0) is 38.3 Å². The summed E-state index contributed by atoms with van der Waals surface area (Å²) in [4.78, 5) is 43.4. The lowest BCUT2D eigenvalue weighted by Gasteiger charge is -2.45. The molecule has 11 heteroatoms. The van der Waals surface area contributed by atoms with Gasteiger partial charge in [0.2, 0.25) is 5.91 Å². The summed E-state index contributed by atoms with van der Waals surface area (Å²) in [5.74, 6) is 1.06. The minimum atomic E-state index is -0.245. The van der Waals surface area contributed by atoms with Gasteiger partial charge in [-0.25, -0.2) is 4.79 Å². The number of hydrogen-bond acceptors (Lipinski definition) is 9. The van der Waals surface area contributed by atoms with Gasteiger partial charge in [0.1, 0.15) is 6.10 Å². The van der Waals surface area contributed by atoms with E-state index < -0.39 is 0 Å². The van der Waals surface area contributed by atoms with Crippen molar-refractivity contribution >= 4 is 18.0 Å². The summed E-state index contributed by atoms with van der Waals surface area (Å²) in [6.07, 6.45) is 7.61. The second-order valence-corrected chi connectivity index (χ2v) is 21.1. The number of benzene rings is 6. The smallest absolute Gasteiger partial charge is 0.410 e. The van der Waals surface area contributed by atoms with E-state index in [1.807, 2.05) is 46.2 Å². The molecule has 4 bridgehead atoms. The fourth-order valence-corrected chi connectivity index (χ4v) is 12.3. The van der Waals surface area contributed by atoms with Crippen LogP contribution in [0.5, 0.6) is 0 Å². The van der Waals surface area contributed by atoms with Gasteiger partial charge in [-0.3, -0.25) is 19.4 Å². The first-order chi connectivity index (χ1) is 37.1. The summed E-state index contributed by atoms with van der Waals surface area (Å²) in [7, 11) is 1.35. The minimum Gasteiger partial charge on any atom is -0.469 e. The topological polar surface area (TPSA) is 115 Å². The highest BCUT2D eigenvalue weighted by Crippen LogP contribution is 2.38. The van der Waals surface area contributed by atoms with Crippen molar-refractivity contribution < 1.29 is 29.0 Å². The van der Waals surface area contributed by atoms with Crippen molar-refractivity contribution in [2.45, 2.75) is 89.1 Å². The highest BCUT2D eigenvalue weighted by molar-refractivity contribution is 5.75. The highest BCUT2D eigenvalue weighted by atomic mass is 16.6. The Hall–Kier alpha value is -6.63. The molecule has 6 aromatic rings. The maximum absolute atomic E-state index is 13.2. The van der Waals surface area contributed by atoms with E-state index in [0.29, 0.717) is 24.4 Å². The first-order valence-electron chi connectivity index (χ1n) is 27.7. The summed E-state index contributed by atoms with van der Waals surface area (Å²) in [5.41, 5.74) is 11.8. The zero-order valence-corrected chi connectivity index (χ0v) is 44.7. The Morgan fingerprint density at radius 3 is 1.36 bits per heavy atom. The molecule has 398 valence electrons. The Labute approximate surface area is 450 Å². The lowest BCUT2D eigenvalue weighted by atomic mass is 9.86. The van der Waals surface area contributed by atoms with E-state index in [1.165, 1.54) is 84.5 Å². The fraction of sp³-hybridized carbons (Fsp3) is 0.400. The third-order valence-electron chi connectivity index (χ3n) is 16.4. The number of nitrogens with one attached hydrogen (secondary N) is 1. The molecule has 0 unspecified atom stereocenters. The molecule has 2 N–H and O–H groups in total. The number of esters is 1. The Morgan fingerprint density at radius 1 is 0.500 bits per heavy atom. The molecular weight excluding hydrogens is 947 g/mol. The van der Waals surface area contributed by atoms with E-state index in [1.54, 1.807) is 6.92 Å². The Bertz CT molecular complexity index is 2800. The maximum Gasteiger partial charge on any atom is 0.410 e. The average Bonchev–Trinajstić information content (AvgIpc) is 3.51. The van der Waals surface area contributed by atoms with Crippen molar-refractivity contribution in [3.63, 3.8) is 0 Å². The third-order valence-corrected chi connectivity index (χ3v) is 16.4. The highest BCUT2D eigenvalue weighted by Gasteiger charge is 2.40. The quantitative estimate of drug-likeness (QED) is 0.167. The predicted molar refractivity (Wildman–Crippen MR) is 300 cm³/mol. The Balaban J connectivity index is 0.000000127. The van der Waals surface area contributed by atoms with Crippen LogP contribution >= 0.6 is 0 Å². The second-order valence-electron chi connectivity index (χ2n) is 21.1. The first-order valence-corrected chi connectivity index (χ1v) is 27.7. The molecule has 0 radical (unpaired) electrons. The molecule has 0 spiro atoms. The van der Waals surface area contributed by atoms with E-state index in [0.717, 1.165) is 76.9 Å². The predicted octanol–water partition coefficient (Wildman–Crippen LogP) is 10.2. The van der Waals surface area contributed by atoms with Gasteiger partial charge >= 0.3 is 12.1 Å². The van der Waals surface area contributed by atoms with Gasteiger partial charge < -0.3 is 29.7 Å². The number of carbonyl (C=O) groups is 3. The minimum absolute atomic E-state index is 0.00694. The molecule has 0 saturated carbocycles. The number of fused-ring (bicyclic) bond motifs is 9. The van der Waals surface area contributed by atoms with Crippen LogP contribution in [0.15, 0.2) is 164 Å². The zero-order chi connectivity index (χ0) is 52.8. The summed E-state index contributed by atoms with van der Waals surface area (Å²) in [5, 5.41) is 12.9. The number of aliphatic hydroxyl groups excluding tert-OH is 1. The van der Waals surface area contributed by atoms with E-state index in [2.05, 4.69) is 147 Å². The van der Waals surface area contributed by atoms with Gasteiger partial charge in [-0.05, 0) is 133 Å². The van der Waals surface area contributed by atoms with Crippen molar-refractivity contribution in [1.29, 1.82) is 0 Å². The molecular formula is C65H77N5O6. The molecule has 5 atom stereocenters. The van der Waals surface area contributed by atoms with Crippen molar-refractivity contribution in [2.24, 2.45) is 11.8 Å². The van der Waals surface area contributed by atoms with Gasteiger partial charge in [-0.2, -0.15) is 0 Å². The van der Waals surface area contributed by atoms with Crippen LogP contribution in [0.1, 0.15) is 108 Å². The molecule has 76 heavy (non-hydrogen) atoms. The van der Waals surface area contributed by atoms with Crippen molar-refractivity contribution in [1.82, 2.24) is 24.9 Å². The molecule has 15 rings (SSSR count). The van der Waals surface area contributed by atoms with Crippen molar-refractivity contribution in [2.75, 3.05) is 66.0 Å². The molecule has 9 aliphatic heterocycles. The van der Waals surface area contributed by atoms with Gasteiger partial charge in [0.15, 0.2) is 0 Å². The van der Waals surface area contributed by atoms with Crippen LogP contribution in [0.25, 0.3) is 0 Å². The van der Waals surface area contributed by atoms with Crippen LogP contribution in [0.2, 0.25) is 0 Å². The van der Waals surface area contributed by atoms with Crippen LogP contribution in [0.3, 0.4) is 0 Å². The SMILES string of the molecule is CC(=O)N1CCc2ccccc2[C@@H]1c1ccccc1.COC(C)=O.O=C(O[C@H]1CN2CCC1CC2)N1CCc2ccccc2[C@@H]1c1ccccc1.O[C@H]1CN2CCC1CC2.c1ccc([C@@H]2NCCc3ccccc32)cc1. The molecule has 11 nitrogen and oxygen atoms in total. The molecule has 9 heterocycles. The maximum atomic E-state index is 13.2. The molecule has 9 aliphatic rings. The number of ether oxygens (including phenoxy) is 2. The number of nitrogens with zero attached hydrogens (tertiary/aromatic N) is 4. The Kier molecular flexibility index (Phi) is 18.8. The lowest BCUT2D eigenvalue weighted by Crippen LogP contribution is -2.53. The van der Waals surface area contributed by atoms with Crippen LogP contribution < -0.4 is 5.32 Å². The van der Waals surface area contributed by atoms with Gasteiger partial charge in [-0.1, -0.05) is 164 Å². The number of rotatable bonds is 4. The fourth-order valence-electron chi connectivity index (χ4n) is 12.3. The van der Waals surface area contributed by atoms with Crippen molar-refractivity contribution in [3.8, 4) is 0 Å². The Morgan fingerprint density at radius 2 is 0.921 bits per heavy atom. The van der Waals surface area contributed by atoms with Gasteiger partial charge in [-0.15, -0.1) is 0 Å². The third kappa shape index (κ3) is 13.5. The van der Waals surface area contributed by atoms with Gasteiger partial charge in [0.05, 0.1) is 31.3 Å². The summed E-state index contributed by atoms with van der Waals surface area (Å²) >= 11 is 0. The number of carbonyl (C=O) groups excluding carboxylic acids is 3. The zero-order valence-electron chi connectivity index (χ0n) is 44.7.